The Kier molecular flexibility index (Phi) is 4.74. The van der Waals surface area contributed by atoms with Gasteiger partial charge in [-0.15, -0.1) is 0 Å². The molecule has 1 N–H and O–H groups in total. The fourth-order valence-electron chi connectivity index (χ4n) is 3.69. The first-order chi connectivity index (χ1) is 14.2. The van der Waals surface area contributed by atoms with E-state index in [9.17, 15) is 0 Å². The minimum atomic E-state index is 0.185. The molecule has 1 atom stereocenters. The summed E-state index contributed by atoms with van der Waals surface area (Å²) in [7, 11) is 0. The zero-order chi connectivity index (χ0) is 19.6. The predicted octanol–water partition coefficient (Wildman–Crippen LogP) is 5.20. The van der Waals surface area contributed by atoms with Gasteiger partial charge in [0.25, 0.3) is 0 Å². The van der Waals surface area contributed by atoms with Crippen LogP contribution in [0.4, 0.5) is 0 Å². The largest absolute Gasteiger partial charge is 0.489 e. The van der Waals surface area contributed by atoms with Gasteiger partial charge >= 0.3 is 0 Å². The van der Waals surface area contributed by atoms with Crippen molar-refractivity contribution in [1.29, 1.82) is 0 Å². The Morgan fingerprint density at radius 1 is 1.03 bits per heavy atom. The number of ether oxygens (including phenoxy) is 1. The third-order valence-corrected chi connectivity index (χ3v) is 5.40. The molecule has 0 saturated carbocycles. The molecule has 0 aliphatic carbocycles. The van der Waals surface area contributed by atoms with E-state index in [1.165, 1.54) is 5.56 Å². The molecule has 1 aliphatic rings. The molecule has 0 amide bonds. The summed E-state index contributed by atoms with van der Waals surface area (Å²) in [6.07, 6.45) is 2.19. The van der Waals surface area contributed by atoms with Gasteiger partial charge in [-0.25, -0.2) is 0 Å². The normalized spacial score (nSPS) is 16.4. The van der Waals surface area contributed by atoms with Crippen molar-refractivity contribution in [2.24, 2.45) is 0 Å². The smallest absolute Gasteiger partial charge is 0.244 e. The Labute approximate surface area is 169 Å². The number of hydrogen-bond donors (Lipinski definition) is 1. The summed E-state index contributed by atoms with van der Waals surface area (Å²) in [5.74, 6) is 2.17. The molecule has 3 aromatic carbocycles. The first-order valence-corrected chi connectivity index (χ1v) is 10.0. The van der Waals surface area contributed by atoms with Gasteiger partial charge in [-0.3, -0.25) is 0 Å². The van der Waals surface area contributed by atoms with Crippen molar-refractivity contribution in [2.45, 2.75) is 32.4 Å². The van der Waals surface area contributed by atoms with Crippen molar-refractivity contribution in [3.63, 3.8) is 0 Å². The first-order valence-electron chi connectivity index (χ1n) is 10.0. The van der Waals surface area contributed by atoms with Gasteiger partial charge in [-0.2, -0.15) is 4.98 Å². The van der Waals surface area contributed by atoms with E-state index in [0.717, 1.165) is 47.0 Å². The topological polar surface area (TPSA) is 60.2 Å². The van der Waals surface area contributed by atoms with E-state index in [4.69, 9.17) is 9.26 Å². The van der Waals surface area contributed by atoms with Crippen molar-refractivity contribution in [1.82, 2.24) is 15.5 Å². The molecule has 0 radical (unpaired) electrons. The van der Waals surface area contributed by atoms with Crippen LogP contribution < -0.4 is 10.1 Å². The average molecular weight is 385 g/mol. The lowest BCUT2D eigenvalue weighted by molar-refractivity contribution is 0.306. The minimum absolute atomic E-state index is 0.185. The average Bonchev–Trinajstić information content (AvgIpc) is 3.45. The second-order valence-electron chi connectivity index (χ2n) is 7.60. The van der Waals surface area contributed by atoms with Crippen LogP contribution in [0, 0.1) is 6.92 Å². The second kappa shape index (κ2) is 7.68. The number of benzene rings is 3. The molecule has 5 rings (SSSR count). The Morgan fingerprint density at radius 2 is 1.86 bits per heavy atom. The van der Waals surface area contributed by atoms with E-state index in [2.05, 4.69) is 70.9 Å². The van der Waals surface area contributed by atoms with Crippen molar-refractivity contribution >= 4 is 10.8 Å². The van der Waals surface area contributed by atoms with Gasteiger partial charge < -0.3 is 14.6 Å². The van der Waals surface area contributed by atoms with Crippen molar-refractivity contribution in [3.8, 4) is 17.1 Å². The molecule has 1 saturated heterocycles. The van der Waals surface area contributed by atoms with Crippen LogP contribution in [0.3, 0.4) is 0 Å². The van der Waals surface area contributed by atoms with E-state index in [1.807, 2.05) is 12.1 Å². The van der Waals surface area contributed by atoms with Crippen LogP contribution in [0.2, 0.25) is 0 Å². The molecule has 2 heterocycles. The molecule has 1 aliphatic heterocycles. The Morgan fingerprint density at radius 3 is 2.69 bits per heavy atom. The Bertz CT molecular complexity index is 1130. The molecule has 1 fully saturated rings. The summed E-state index contributed by atoms with van der Waals surface area (Å²) in [6.45, 7) is 3.65. The maximum Gasteiger partial charge on any atom is 0.244 e. The molecule has 0 unspecified atom stereocenters. The zero-order valence-corrected chi connectivity index (χ0v) is 16.4. The van der Waals surface area contributed by atoms with Crippen LogP contribution in [0.25, 0.3) is 22.2 Å². The number of nitrogens with one attached hydrogen (secondary N) is 1. The third kappa shape index (κ3) is 3.87. The third-order valence-electron chi connectivity index (χ3n) is 5.40. The van der Waals surface area contributed by atoms with Gasteiger partial charge in [-0.05, 0) is 60.8 Å². The molecule has 146 valence electrons. The molecule has 5 heteroatoms. The number of fused-ring (bicyclic) bond motifs is 1. The van der Waals surface area contributed by atoms with Crippen LogP contribution in [0.5, 0.6) is 5.75 Å². The molecule has 4 aromatic rings. The van der Waals surface area contributed by atoms with Crippen LogP contribution in [-0.2, 0) is 6.61 Å². The molecular weight excluding hydrogens is 362 g/mol. The number of rotatable bonds is 5. The van der Waals surface area contributed by atoms with E-state index < -0.39 is 0 Å². The maximum absolute atomic E-state index is 5.97. The molecule has 0 bridgehead atoms. The van der Waals surface area contributed by atoms with Crippen molar-refractivity contribution < 1.29 is 9.26 Å². The van der Waals surface area contributed by atoms with E-state index >= 15 is 0 Å². The van der Waals surface area contributed by atoms with Crippen LogP contribution in [0.1, 0.15) is 35.9 Å². The summed E-state index contributed by atoms with van der Waals surface area (Å²) in [5, 5.41) is 9.81. The van der Waals surface area contributed by atoms with Crippen molar-refractivity contribution in [2.75, 3.05) is 6.54 Å². The maximum atomic E-state index is 5.97. The standard InChI is InChI=1S/C24H23N3O2/c1-16-4-6-17(7-5-16)15-28-21-11-10-18-13-20(9-8-19(18)14-21)23-26-24(29-27-23)22-3-2-12-25-22/h4-11,13-14,22,25H,2-3,12,15H2,1H3/t22-/m0/s1. The minimum Gasteiger partial charge on any atom is -0.489 e. The van der Waals surface area contributed by atoms with Crippen LogP contribution in [-0.4, -0.2) is 16.7 Å². The number of hydrogen-bond acceptors (Lipinski definition) is 5. The van der Waals surface area contributed by atoms with Crippen LogP contribution >= 0.6 is 0 Å². The lowest BCUT2D eigenvalue weighted by Gasteiger charge is -2.08. The fourth-order valence-corrected chi connectivity index (χ4v) is 3.69. The highest BCUT2D eigenvalue weighted by Crippen LogP contribution is 2.28. The quantitative estimate of drug-likeness (QED) is 0.511. The SMILES string of the molecule is Cc1ccc(COc2ccc3cc(-c4noc([C@@H]5CCCN5)n4)ccc3c2)cc1. The summed E-state index contributed by atoms with van der Waals surface area (Å²) in [6, 6.07) is 20.9. The lowest BCUT2D eigenvalue weighted by Crippen LogP contribution is -2.12. The first kappa shape index (κ1) is 17.9. The van der Waals surface area contributed by atoms with Crippen LogP contribution in [0.15, 0.2) is 65.2 Å². The van der Waals surface area contributed by atoms with Crippen molar-refractivity contribution in [3.05, 3.63) is 77.7 Å². The van der Waals surface area contributed by atoms with Gasteiger partial charge in [0.15, 0.2) is 0 Å². The molecule has 5 nitrogen and oxygen atoms in total. The summed E-state index contributed by atoms with van der Waals surface area (Å²) >= 11 is 0. The number of aryl methyl sites for hydroxylation is 1. The number of nitrogens with zero attached hydrogens (tertiary/aromatic N) is 2. The summed E-state index contributed by atoms with van der Waals surface area (Å²) in [5.41, 5.74) is 3.37. The van der Waals surface area contributed by atoms with E-state index in [-0.39, 0.29) is 6.04 Å². The Hall–Kier alpha value is -3.18. The fraction of sp³-hybridized carbons (Fsp3) is 0.250. The molecular formula is C24H23N3O2. The predicted molar refractivity (Wildman–Crippen MR) is 113 cm³/mol. The highest BCUT2D eigenvalue weighted by Gasteiger charge is 2.22. The highest BCUT2D eigenvalue weighted by molar-refractivity contribution is 5.87. The van der Waals surface area contributed by atoms with E-state index in [1.54, 1.807) is 0 Å². The van der Waals surface area contributed by atoms with Gasteiger partial charge in [0.2, 0.25) is 11.7 Å². The molecule has 29 heavy (non-hydrogen) atoms. The van der Waals surface area contributed by atoms with Gasteiger partial charge in [0, 0.05) is 5.56 Å². The lowest BCUT2D eigenvalue weighted by atomic mass is 10.1. The second-order valence-corrected chi connectivity index (χ2v) is 7.60. The van der Waals surface area contributed by atoms with E-state index in [0.29, 0.717) is 18.3 Å². The van der Waals surface area contributed by atoms with Gasteiger partial charge in [0.05, 0.1) is 6.04 Å². The molecule has 0 spiro atoms. The zero-order valence-electron chi connectivity index (χ0n) is 16.4. The summed E-state index contributed by atoms with van der Waals surface area (Å²) in [4.78, 5) is 4.59. The molecule has 1 aromatic heterocycles. The Balaban J connectivity index is 1.33. The highest BCUT2D eigenvalue weighted by atomic mass is 16.5. The number of aromatic nitrogens is 2. The summed E-state index contributed by atoms with van der Waals surface area (Å²) < 4.78 is 11.4. The van der Waals surface area contributed by atoms with Gasteiger partial charge in [-0.1, -0.05) is 53.2 Å². The van der Waals surface area contributed by atoms with Gasteiger partial charge in [0.1, 0.15) is 12.4 Å². The monoisotopic (exact) mass is 385 g/mol.